The smallest absolute Gasteiger partial charge is 0.172 e. The van der Waals surface area contributed by atoms with Gasteiger partial charge in [-0.05, 0) is 25.5 Å². The number of hydrogen-bond donors (Lipinski definition) is 3. The highest BCUT2D eigenvalue weighted by Gasteiger charge is 2.19. The van der Waals surface area contributed by atoms with E-state index in [0.29, 0.717) is 24.7 Å². The predicted molar refractivity (Wildman–Crippen MR) is 95.5 cm³/mol. The summed E-state index contributed by atoms with van der Waals surface area (Å²) in [6.07, 6.45) is 0. The average molecular weight is 338 g/mol. The Balaban J connectivity index is 1.83. The second-order valence-electron chi connectivity index (χ2n) is 5.70. The molecular weight excluding hydrogens is 316 g/mol. The van der Waals surface area contributed by atoms with Crippen LogP contribution in [0.4, 0.5) is 0 Å². The van der Waals surface area contributed by atoms with Crippen molar-refractivity contribution in [2.45, 2.75) is 26.4 Å². The molecule has 3 rings (SSSR count). The molecule has 0 aliphatic carbocycles. The third kappa shape index (κ3) is 3.97. The summed E-state index contributed by atoms with van der Waals surface area (Å²) in [6.45, 7) is 4.73. The third-order valence-corrected chi connectivity index (χ3v) is 3.88. The van der Waals surface area contributed by atoms with Crippen LogP contribution in [0, 0.1) is 6.92 Å². The summed E-state index contributed by atoms with van der Waals surface area (Å²) >= 11 is 0. The summed E-state index contributed by atoms with van der Waals surface area (Å²) in [7, 11) is 0. The number of benzene rings is 2. The first-order chi connectivity index (χ1) is 12.2. The maximum absolute atomic E-state index is 10.4. The minimum absolute atomic E-state index is 0.162. The van der Waals surface area contributed by atoms with Crippen molar-refractivity contribution in [3.05, 3.63) is 71.3 Å². The zero-order valence-corrected chi connectivity index (χ0v) is 14.4. The van der Waals surface area contributed by atoms with Crippen molar-refractivity contribution in [3.8, 4) is 11.5 Å². The quantitative estimate of drug-likeness (QED) is 0.616. The summed E-state index contributed by atoms with van der Waals surface area (Å²) in [5.41, 5.74) is 1.82. The van der Waals surface area contributed by atoms with Gasteiger partial charge in [0.05, 0.1) is 12.6 Å². The summed E-state index contributed by atoms with van der Waals surface area (Å²) < 4.78 is 5.45. The minimum atomic E-state index is -0.179. The summed E-state index contributed by atoms with van der Waals surface area (Å²) in [6, 6.07) is 15.3. The predicted octanol–water partition coefficient (Wildman–Crippen LogP) is 3.10. The first-order valence-corrected chi connectivity index (χ1v) is 8.30. The van der Waals surface area contributed by atoms with Gasteiger partial charge in [0.25, 0.3) is 0 Å². The Labute approximate surface area is 146 Å². The Morgan fingerprint density at radius 2 is 1.96 bits per heavy atom. The van der Waals surface area contributed by atoms with E-state index in [1.807, 2.05) is 56.3 Å². The van der Waals surface area contributed by atoms with Crippen molar-refractivity contribution in [2.75, 3.05) is 6.61 Å². The van der Waals surface area contributed by atoms with Crippen LogP contribution in [0.5, 0.6) is 11.5 Å². The molecule has 6 nitrogen and oxygen atoms in total. The van der Waals surface area contributed by atoms with Crippen LogP contribution in [-0.4, -0.2) is 26.9 Å². The van der Waals surface area contributed by atoms with Crippen molar-refractivity contribution in [1.82, 2.24) is 20.5 Å². The number of aromatic amines is 1. The van der Waals surface area contributed by atoms with Crippen LogP contribution in [0.3, 0.4) is 0 Å². The molecule has 1 atom stereocenters. The molecule has 6 heteroatoms. The highest BCUT2D eigenvalue weighted by Crippen LogP contribution is 2.30. The van der Waals surface area contributed by atoms with Crippen LogP contribution in [0.2, 0.25) is 0 Å². The van der Waals surface area contributed by atoms with Gasteiger partial charge in [-0.15, -0.1) is 0 Å². The number of ether oxygens (including phenoxy) is 1. The van der Waals surface area contributed by atoms with E-state index >= 15 is 0 Å². The van der Waals surface area contributed by atoms with Crippen molar-refractivity contribution < 1.29 is 9.84 Å². The van der Waals surface area contributed by atoms with Crippen molar-refractivity contribution in [2.24, 2.45) is 0 Å². The number of para-hydroxylation sites is 1. The van der Waals surface area contributed by atoms with E-state index in [4.69, 9.17) is 4.74 Å². The SMILES string of the molecule is CCOc1cccc(CN[C@H](c2ccccc2)c2n[nH]c(C)n2)c1O. The summed E-state index contributed by atoms with van der Waals surface area (Å²) in [4.78, 5) is 4.45. The largest absolute Gasteiger partial charge is 0.504 e. The minimum Gasteiger partial charge on any atom is -0.504 e. The van der Waals surface area contributed by atoms with Gasteiger partial charge in [0, 0.05) is 12.1 Å². The number of nitrogens with one attached hydrogen (secondary N) is 2. The molecule has 0 bridgehead atoms. The molecule has 3 N–H and O–H groups in total. The maximum Gasteiger partial charge on any atom is 0.172 e. The van der Waals surface area contributed by atoms with E-state index in [-0.39, 0.29) is 11.8 Å². The molecule has 0 saturated carbocycles. The number of aryl methyl sites for hydroxylation is 1. The van der Waals surface area contributed by atoms with Gasteiger partial charge in [0.15, 0.2) is 17.3 Å². The number of phenolic OH excluding ortho intramolecular Hbond substituents is 1. The van der Waals surface area contributed by atoms with Crippen LogP contribution in [-0.2, 0) is 6.54 Å². The fourth-order valence-electron chi connectivity index (χ4n) is 2.69. The number of H-pyrrole nitrogens is 1. The van der Waals surface area contributed by atoms with E-state index in [0.717, 1.165) is 17.0 Å². The monoisotopic (exact) mass is 338 g/mol. The van der Waals surface area contributed by atoms with Gasteiger partial charge < -0.3 is 9.84 Å². The number of aromatic hydroxyl groups is 1. The first-order valence-electron chi connectivity index (χ1n) is 8.30. The topological polar surface area (TPSA) is 83.1 Å². The summed E-state index contributed by atoms with van der Waals surface area (Å²) in [5.74, 6) is 2.09. The fourth-order valence-corrected chi connectivity index (χ4v) is 2.69. The zero-order chi connectivity index (χ0) is 17.6. The molecule has 1 aromatic heterocycles. The van der Waals surface area contributed by atoms with Gasteiger partial charge in [-0.2, -0.15) is 5.10 Å². The van der Waals surface area contributed by atoms with Crippen LogP contribution < -0.4 is 10.1 Å². The Morgan fingerprint density at radius 1 is 1.16 bits per heavy atom. The van der Waals surface area contributed by atoms with Gasteiger partial charge in [0.1, 0.15) is 5.82 Å². The molecule has 3 aromatic rings. The lowest BCUT2D eigenvalue weighted by Gasteiger charge is -2.17. The van der Waals surface area contributed by atoms with Crippen molar-refractivity contribution >= 4 is 0 Å². The highest BCUT2D eigenvalue weighted by atomic mass is 16.5. The van der Waals surface area contributed by atoms with Gasteiger partial charge in [0.2, 0.25) is 0 Å². The number of hydrogen-bond acceptors (Lipinski definition) is 5. The fraction of sp³-hybridized carbons (Fsp3) is 0.263. The number of phenols is 1. The molecule has 0 aliphatic rings. The number of aromatic nitrogens is 3. The third-order valence-electron chi connectivity index (χ3n) is 3.88. The standard InChI is InChI=1S/C19H22N4O2/c1-3-25-16-11-7-10-15(18(16)24)12-20-17(14-8-5-4-6-9-14)19-21-13(2)22-23-19/h4-11,17,20,24H,3,12H2,1-2H3,(H,21,22,23)/t17-/m1/s1. The summed E-state index contributed by atoms with van der Waals surface area (Å²) in [5, 5.41) is 21.0. The molecule has 0 saturated heterocycles. The number of rotatable bonds is 7. The molecular formula is C19H22N4O2. The van der Waals surface area contributed by atoms with E-state index in [1.165, 1.54) is 0 Å². The van der Waals surface area contributed by atoms with E-state index in [9.17, 15) is 5.11 Å². The average Bonchev–Trinajstić information content (AvgIpc) is 3.05. The second kappa shape index (κ2) is 7.81. The second-order valence-corrected chi connectivity index (χ2v) is 5.70. The highest BCUT2D eigenvalue weighted by molar-refractivity contribution is 5.45. The van der Waals surface area contributed by atoms with E-state index in [2.05, 4.69) is 20.5 Å². The Morgan fingerprint density at radius 3 is 2.64 bits per heavy atom. The molecule has 0 radical (unpaired) electrons. The zero-order valence-electron chi connectivity index (χ0n) is 14.4. The van der Waals surface area contributed by atoms with Crippen molar-refractivity contribution in [3.63, 3.8) is 0 Å². The molecule has 0 fully saturated rings. The molecule has 2 aromatic carbocycles. The van der Waals surface area contributed by atoms with E-state index < -0.39 is 0 Å². The van der Waals surface area contributed by atoms with Crippen LogP contribution >= 0.6 is 0 Å². The molecule has 0 amide bonds. The molecule has 25 heavy (non-hydrogen) atoms. The molecule has 130 valence electrons. The van der Waals surface area contributed by atoms with Gasteiger partial charge in [-0.1, -0.05) is 42.5 Å². The van der Waals surface area contributed by atoms with Crippen LogP contribution in [0.15, 0.2) is 48.5 Å². The van der Waals surface area contributed by atoms with Crippen molar-refractivity contribution in [1.29, 1.82) is 0 Å². The number of nitrogens with zero attached hydrogens (tertiary/aromatic N) is 2. The van der Waals surface area contributed by atoms with Gasteiger partial charge in [-0.25, -0.2) is 4.98 Å². The Bertz CT molecular complexity index is 817. The molecule has 0 unspecified atom stereocenters. The van der Waals surface area contributed by atoms with E-state index in [1.54, 1.807) is 6.07 Å². The lowest BCUT2D eigenvalue weighted by atomic mass is 10.1. The Kier molecular flexibility index (Phi) is 5.30. The van der Waals surface area contributed by atoms with Gasteiger partial charge in [-0.3, -0.25) is 10.4 Å². The van der Waals surface area contributed by atoms with Crippen LogP contribution in [0.25, 0.3) is 0 Å². The van der Waals surface area contributed by atoms with Gasteiger partial charge >= 0.3 is 0 Å². The first kappa shape index (κ1) is 17.0. The molecule has 1 heterocycles. The lowest BCUT2D eigenvalue weighted by Crippen LogP contribution is -2.23. The normalized spacial score (nSPS) is 12.1. The molecule has 0 spiro atoms. The molecule has 0 aliphatic heterocycles. The van der Waals surface area contributed by atoms with Crippen LogP contribution in [0.1, 0.15) is 35.7 Å². The maximum atomic E-state index is 10.4. The lowest BCUT2D eigenvalue weighted by molar-refractivity contribution is 0.316. The Hall–Kier alpha value is -2.86.